The zero-order valence-electron chi connectivity index (χ0n) is 8.24. The first kappa shape index (κ1) is 12.4. The van der Waals surface area contributed by atoms with Crippen molar-refractivity contribution in [2.45, 2.75) is 17.4 Å². The van der Waals surface area contributed by atoms with Crippen LogP contribution in [0.3, 0.4) is 0 Å². The molecule has 0 aromatic heterocycles. The monoisotopic (exact) mass is 245 g/mol. The highest BCUT2D eigenvalue weighted by atomic mass is 35.5. The zero-order valence-corrected chi connectivity index (χ0v) is 9.81. The third-order valence-corrected chi connectivity index (χ3v) is 3.12. The van der Waals surface area contributed by atoms with Gasteiger partial charge in [0.05, 0.1) is 6.42 Å². The number of hydrogen-bond acceptors (Lipinski definition) is 3. The average molecular weight is 246 g/mol. The molecule has 0 radical (unpaired) electrons. The Hall–Kier alpha value is -0.710. The highest BCUT2D eigenvalue weighted by molar-refractivity contribution is 7.98. The normalized spacial score (nSPS) is 12.5. The maximum absolute atomic E-state index is 10.6. The third kappa shape index (κ3) is 3.12. The van der Waals surface area contributed by atoms with Gasteiger partial charge in [-0.1, -0.05) is 17.7 Å². The van der Waals surface area contributed by atoms with Crippen molar-refractivity contribution in [3.63, 3.8) is 0 Å². The molecular weight excluding hydrogens is 234 g/mol. The van der Waals surface area contributed by atoms with Gasteiger partial charge in [-0.05, 0) is 18.4 Å². The van der Waals surface area contributed by atoms with Gasteiger partial charge in [0.15, 0.2) is 0 Å². The number of benzene rings is 1. The number of aliphatic carboxylic acids is 1. The Morgan fingerprint density at radius 3 is 2.87 bits per heavy atom. The Morgan fingerprint density at radius 2 is 2.33 bits per heavy atom. The summed E-state index contributed by atoms with van der Waals surface area (Å²) in [5, 5.41) is 9.19. The standard InChI is InChI=1S/C10H12ClNO2S/c1-15-8-4-2-3-6(11)10(8)7(12)5-9(13)14/h2-4,7H,5,12H2,1H3,(H,13,14). The van der Waals surface area contributed by atoms with Crippen molar-refractivity contribution < 1.29 is 9.90 Å². The molecule has 1 aromatic rings. The van der Waals surface area contributed by atoms with E-state index in [0.29, 0.717) is 10.6 Å². The van der Waals surface area contributed by atoms with E-state index in [1.165, 1.54) is 11.8 Å². The third-order valence-electron chi connectivity index (χ3n) is 2.00. The van der Waals surface area contributed by atoms with Crippen LogP contribution in [0.2, 0.25) is 5.02 Å². The van der Waals surface area contributed by atoms with E-state index in [4.69, 9.17) is 22.4 Å². The van der Waals surface area contributed by atoms with E-state index in [1.54, 1.807) is 6.07 Å². The summed E-state index contributed by atoms with van der Waals surface area (Å²) in [4.78, 5) is 11.5. The van der Waals surface area contributed by atoms with Crippen molar-refractivity contribution in [2.24, 2.45) is 5.73 Å². The van der Waals surface area contributed by atoms with Crippen molar-refractivity contribution in [1.82, 2.24) is 0 Å². The Morgan fingerprint density at radius 1 is 1.67 bits per heavy atom. The minimum Gasteiger partial charge on any atom is -0.481 e. The number of carboxylic acid groups (broad SMARTS) is 1. The lowest BCUT2D eigenvalue weighted by molar-refractivity contribution is -0.137. The molecule has 0 saturated carbocycles. The van der Waals surface area contributed by atoms with Gasteiger partial charge in [-0.25, -0.2) is 0 Å². The van der Waals surface area contributed by atoms with Crippen molar-refractivity contribution >= 4 is 29.3 Å². The van der Waals surface area contributed by atoms with Crippen molar-refractivity contribution in [3.05, 3.63) is 28.8 Å². The fraction of sp³-hybridized carbons (Fsp3) is 0.300. The molecule has 0 heterocycles. The van der Waals surface area contributed by atoms with Crippen molar-refractivity contribution in [2.75, 3.05) is 6.26 Å². The van der Waals surface area contributed by atoms with Crippen LogP contribution in [0.1, 0.15) is 18.0 Å². The second-order valence-electron chi connectivity index (χ2n) is 3.06. The molecule has 1 unspecified atom stereocenters. The molecule has 1 aromatic carbocycles. The predicted molar refractivity (Wildman–Crippen MR) is 62.4 cm³/mol. The molecule has 0 spiro atoms. The summed E-state index contributed by atoms with van der Waals surface area (Å²) >= 11 is 7.51. The number of carboxylic acids is 1. The minimum atomic E-state index is -0.922. The molecule has 0 bridgehead atoms. The first-order valence-corrected chi connectivity index (χ1v) is 5.96. The van der Waals surface area contributed by atoms with Gasteiger partial charge in [-0.3, -0.25) is 4.79 Å². The molecule has 0 aliphatic carbocycles. The van der Waals surface area contributed by atoms with E-state index < -0.39 is 12.0 Å². The van der Waals surface area contributed by atoms with Crippen LogP contribution in [0.25, 0.3) is 0 Å². The molecule has 3 nitrogen and oxygen atoms in total. The molecule has 0 fully saturated rings. The van der Waals surface area contributed by atoms with Crippen LogP contribution in [0, 0.1) is 0 Å². The molecular formula is C10H12ClNO2S. The fourth-order valence-electron chi connectivity index (χ4n) is 1.35. The molecule has 0 amide bonds. The Kier molecular flexibility index (Phi) is 4.45. The van der Waals surface area contributed by atoms with Gasteiger partial charge in [0, 0.05) is 21.5 Å². The number of halogens is 1. The van der Waals surface area contributed by atoms with E-state index in [9.17, 15) is 4.79 Å². The van der Waals surface area contributed by atoms with Crippen LogP contribution in [0.4, 0.5) is 0 Å². The second kappa shape index (κ2) is 5.39. The van der Waals surface area contributed by atoms with Gasteiger partial charge >= 0.3 is 5.97 Å². The summed E-state index contributed by atoms with van der Waals surface area (Å²) in [5.41, 5.74) is 6.51. The van der Waals surface area contributed by atoms with Gasteiger partial charge in [0.25, 0.3) is 0 Å². The fourth-order valence-corrected chi connectivity index (χ4v) is 2.41. The maximum atomic E-state index is 10.6. The molecule has 1 atom stereocenters. The van der Waals surface area contributed by atoms with E-state index >= 15 is 0 Å². The average Bonchev–Trinajstić information content (AvgIpc) is 2.15. The maximum Gasteiger partial charge on any atom is 0.305 e. The second-order valence-corrected chi connectivity index (χ2v) is 4.32. The number of rotatable bonds is 4. The molecule has 5 heteroatoms. The topological polar surface area (TPSA) is 63.3 Å². The van der Waals surface area contributed by atoms with Gasteiger partial charge in [-0.15, -0.1) is 11.8 Å². The Labute approximate surface area is 97.6 Å². The lowest BCUT2D eigenvalue weighted by Crippen LogP contribution is -2.16. The lowest BCUT2D eigenvalue weighted by Gasteiger charge is -2.15. The van der Waals surface area contributed by atoms with Gasteiger partial charge in [-0.2, -0.15) is 0 Å². The van der Waals surface area contributed by atoms with Gasteiger partial charge in [0.2, 0.25) is 0 Å². The van der Waals surface area contributed by atoms with E-state index in [1.807, 2.05) is 18.4 Å². The van der Waals surface area contributed by atoms with Crippen molar-refractivity contribution in [1.29, 1.82) is 0 Å². The molecule has 3 N–H and O–H groups in total. The van der Waals surface area contributed by atoms with Crippen LogP contribution in [0.15, 0.2) is 23.1 Å². The molecule has 1 rings (SSSR count). The Bertz CT molecular complexity index is 370. The molecule has 0 saturated heterocycles. The number of nitrogens with two attached hydrogens (primary N) is 1. The van der Waals surface area contributed by atoms with Crippen LogP contribution >= 0.6 is 23.4 Å². The molecule has 15 heavy (non-hydrogen) atoms. The Balaban J connectivity index is 3.05. The van der Waals surface area contributed by atoms with E-state index in [0.717, 1.165) is 4.90 Å². The highest BCUT2D eigenvalue weighted by Gasteiger charge is 2.17. The summed E-state index contributed by atoms with van der Waals surface area (Å²) in [6, 6.07) is 4.87. The summed E-state index contributed by atoms with van der Waals surface area (Å²) < 4.78 is 0. The summed E-state index contributed by atoms with van der Waals surface area (Å²) in [6.45, 7) is 0. The predicted octanol–water partition coefficient (Wildman–Crippen LogP) is 2.54. The SMILES string of the molecule is CSc1cccc(Cl)c1C(N)CC(=O)O. The number of hydrogen-bond donors (Lipinski definition) is 2. The molecule has 0 aliphatic heterocycles. The van der Waals surface area contributed by atoms with Gasteiger partial charge < -0.3 is 10.8 Å². The number of thioether (sulfide) groups is 1. The zero-order chi connectivity index (χ0) is 11.4. The summed E-state index contributed by atoms with van der Waals surface area (Å²) in [7, 11) is 0. The summed E-state index contributed by atoms with van der Waals surface area (Å²) in [6.07, 6.45) is 1.79. The smallest absolute Gasteiger partial charge is 0.305 e. The first-order chi connectivity index (χ1) is 7.06. The molecule has 0 aliphatic rings. The van der Waals surface area contributed by atoms with Gasteiger partial charge in [0.1, 0.15) is 0 Å². The van der Waals surface area contributed by atoms with E-state index in [2.05, 4.69) is 0 Å². The van der Waals surface area contributed by atoms with Crippen molar-refractivity contribution in [3.8, 4) is 0 Å². The van der Waals surface area contributed by atoms with E-state index in [-0.39, 0.29) is 6.42 Å². The van der Waals surface area contributed by atoms with Crippen LogP contribution in [0.5, 0.6) is 0 Å². The first-order valence-electron chi connectivity index (χ1n) is 4.36. The quantitative estimate of drug-likeness (QED) is 0.801. The lowest BCUT2D eigenvalue weighted by atomic mass is 10.0. The van der Waals surface area contributed by atoms with Crippen LogP contribution in [-0.2, 0) is 4.79 Å². The highest BCUT2D eigenvalue weighted by Crippen LogP contribution is 2.32. The van der Waals surface area contributed by atoms with Crippen LogP contribution in [-0.4, -0.2) is 17.3 Å². The summed E-state index contributed by atoms with van der Waals surface area (Å²) in [5.74, 6) is -0.922. The largest absolute Gasteiger partial charge is 0.481 e. The molecule has 82 valence electrons. The van der Waals surface area contributed by atoms with Crippen LogP contribution < -0.4 is 5.73 Å². The number of carbonyl (C=O) groups is 1. The minimum absolute atomic E-state index is 0.114.